The summed E-state index contributed by atoms with van der Waals surface area (Å²) in [4.78, 5) is 13.9. The Labute approximate surface area is 109 Å². The van der Waals surface area contributed by atoms with Crippen molar-refractivity contribution in [1.29, 1.82) is 0 Å². The molecule has 0 spiro atoms. The molecule has 1 rings (SSSR count). The van der Waals surface area contributed by atoms with E-state index < -0.39 is 5.60 Å². The molecule has 0 aromatic rings. The van der Waals surface area contributed by atoms with Gasteiger partial charge >= 0.3 is 6.09 Å². The minimum absolute atomic E-state index is 0.107. The highest BCUT2D eigenvalue weighted by atomic mass is 16.6. The number of likely N-dealkylation sites (tertiary alicyclic amines) is 1. The van der Waals surface area contributed by atoms with E-state index in [9.17, 15) is 4.79 Å². The lowest BCUT2D eigenvalue weighted by molar-refractivity contribution is 0.0445. The van der Waals surface area contributed by atoms with Crippen LogP contribution in [-0.4, -0.2) is 54.0 Å². The molecule has 2 atom stereocenters. The summed E-state index contributed by atoms with van der Waals surface area (Å²) in [6.07, 6.45) is 0.604. The average molecular weight is 258 g/mol. The van der Waals surface area contributed by atoms with Crippen molar-refractivity contribution >= 4 is 6.09 Å². The van der Waals surface area contributed by atoms with Crippen molar-refractivity contribution in [2.75, 3.05) is 26.2 Å². The van der Waals surface area contributed by atoms with Crippen LogP contribution in [0.4, 0.5) is 4.79 Å². The minimum Gasteiger partial charge on any atom is -0.444 e. The number of piperidine rings is 1. The zero-order valence-electron chi connectivity index (χ0n) is 11.9. The van der Waals surface area contributed by atoms with Crippen LogP contribution in [0.5, 0.6) is 0 Å². The molecule has 18 heavy (non-hydrogen) atoms. The fourth-order valence-electron chi connectivity index (χ4n) is 2.36. The van der Waals surface area contributed by atoms with Crippen molar-refractivity contribution in [3.8, 4) is 0 Å². The molecule has 0 aliphatic carbocycles. The van der Waals surface area contributed by atoms with Gasteiger partial charge in [-0.15, -0.1) is 0 Å². The van der Waals surface area contributed by atoms with Crippen molar-refractivity contribution in [3.05, 3.63) is 0 Å². The van der Waals surface area contributed by atoms with Crippen LogP contribution in [0, 0.1) is 5.92 Å². The van der Waals surface area contributed by atoms with Gasteiger partial charge in [0.1, 0.15) is 5.60 Å². The van der Waals surface area contributed by atoms with Crippen LogP contribution in [0.15, 0.2) is 0 Å². The summed E-state index contributed by atoms with van der Waals surface area (Å²) in [5.74, 6) is 0.519. The fraction of sp³-hybridized carbons (Fsp3) is 0.923. The molecule has 1 amide bonds. The highest BCUT2D eigenvalue weighted by molar-refractivity contribution is 5.68. The van der Waals surface area contributed by atoms with Gasteiger partial charge in [-0.05, 0) is 33.1 Å². The SMILES string of the molecule is CC1CC(NC(=O)OC(C)(C)C)CN(CCO)C1. The maximum atomic E-state index is 11.7. The predicted molar refractivity (Wildman–Crippen MR) is 70.5 cm³/mol. The van der Waals surface area contributed by atoms with E-state index in [2.05, 4.69) is 17.1 Å². The maximum Gasteiger partial charge on any atom is 0.407 e. The van der Waals surface area contributed by atoms with E-state index in [1.54, 1.807) is 0 Å². The number of nitrogens with one attached hydrogen (secondary N) is 1. The van der Waals surface area contributed by atoms with Gasteiger partial charge < -0.3 is 15.2 Å². The van der Waals surface area contributed by atoms with Crippen molar-refractivity contribution in [2.24, 2.45) is 5.92 Å². The highest BCUT2D eigenvalue weighted by Crippen LogP contribution is 2.16. The topological polar surface area (TPSA) is 61.8 Å². The van der Waals surface area contributed by atoms with Crippen LogP contribution in [0.25, 0.3) is 0 Å². The Kier molecular flexibility index (Phi) is 5.41. The zero-order chi connectivity index (χ0) is 13.8. The number of carbonyl (C=O) groups is 1. The Balaban J connectivity index is 2.43. The van der Waals surface area contributed by atoms with E-state index in [0.29, 0.717) is 12.5 Å². The second-order valence-corrected chi connectivity index (χ2v) is 6.17. The van der Waals surface area contributed by atoms with Gasteiger partial charge in [-0.25, -0.2) is 4.79 Å². The first-order valence-electron chi connectivity index (χ1n) is 6.63. The largest absolute Gasteiger partial charge is 0.444 e. The standard InChI is InChI=1S/C13H26N2O3/c1-10-7-11(9-15(8-10)5-6-16)14-12(17)18-13(2,3)4/h10-11,16H,5-9H2,1-4H3,(H,14,17). The number of carbonyl (C=O) groups excluding carboxylic acids is 1. The lowest BCUT2D eigenvalue weighted by atomic mass is 9.96. The fourth-order valence-corrected chi connectivity index (χ4v) is 2.36. The van der Waals surface area contributed by atoms with Gasteiger partial charge in [0, 0.05) is 25.7 Å². The number of alkyl carbamates (subject to hydrolysis) is 1. The van der Waals surface area contributed by atoms with E-state index >= 15 is 0 Å². The van der Waals surface area contributed by atoms with Gasteiger partial charge in [0.2, 0.25) is 0 Å². The summed E-state index contributed by atoms with van der Waals surface area (Å²) in [5.41, 5.74) is -0.463. The number of hydrogen-bond acceptors (Lipinski definition) is 4. The van der Waals surface area contributed by atoms with Crippen LogP contribution in [0.2, 0.25) is 0 Å². The molecule has 2 unspecified atom stereocenters. The molecule has 0 aromatic heterocycles. The summed E-state index contributed by atoms with van der Waals surface area (Å²) in [6, 6.07) is 0.107. The Hall–Kier alpha value is -0.810. The summed E-state index contributed by atoms with van der Waals surface area (Å²) in [6.45, 7) is 10.3. The number of ether oxygens (including phenoxy) is 1. The maximum absolute atomic E-state index is 11.7. The molecule has 1 fully saturated rings. The Morgan fingerprint density at radius 1 is 1.44 bits per heavy atom. The number of rotatable bonds is 3. The number of nitrogens with zero attached hydrogens (tertiary/aromatic N) is 1. The van der Waals surface area contributed by atoms with Crippen LogP contribution in [-0.2, 0) is 4.74 Å². The number of hydrogen-bond donors (Lipinski definition) is 2. The molecule has 106 valence electrons. The van der Waals surface area contributed by atoms with E-state index in [4.69, 9.17) is 9.84 Å². The van der Waals surface area contributed by atoms with Gasteiger partial charge in [-0.3, -0.25) is 4.90 Å². The Morgan fingerprint density at radius 3 is 2.67 bits per heavy atom. The minimum atomic E-state index is -0.463. The number of aliphatic hydroxyl groups excluding tert-OH is 1. The molecular weight excluding hydrogens is 232 g/mol. The molecular formula is C13H26N2O3. The number of amides is 1. The second kappa shape index (κ2) is 6.38. The van der Waals surface area contributed by atoms with E-state index in [-0.39, 0.29) is 18.7 Å². The molecule has 2 N–H and O–H groups in total. The van der Waals surface area contributed by atoms with Gasteiger partial charge in [0.25, 0.3) is 0 Å². The summed E-state index contributed by atoms with van der Waals surface area (Å²) in [7, 11) is 0. The first-order chi connectivity index (χ1) is 8.30. The third-order valence-corrected chi connectivity index (χ3v) is 2.87. The zero-order valence-corrected chi connectivity index (χ0v) is 11.9. The third kappa shape index (κ3) is 5.69. The lowest BCUT2D eigenvalue weighted by Gasteiger charge is -2.36. The molecule has 1 saturated heterocycles. The third-order valence-electron chi connectivity index (χ3n) is 2.87. The molecule has 0 radical (unpaired) electrons. The molecule has 0 aromatic carbocycles. The van der Waals surface area contributed by atoms with Crippen LogP contribution < -0.4 is 5.32 Å². The molecule has 0 saturated carbocycles. The van der Waals surface area contributed by atoms with E-state index in [0.717, 1.165) is 19.5 Å². The van der Waals surface area contributed by atoms with E-state index in [1.165, 1.54) is 0 Å². The summed E-state index contributed by atoms with van der Waals surface area (Å²) >= 11 is 0. The molecule has 1 aliphatic heterocycles. The molecule has 0 bridgehead atoms. The van der Waals surface area contributed by atoms with Crippen molar-refractivity contribution in [1.82, 2.24) is 10.2 Å². The van der Waals surface area contributed by atoms with Crippen LogP contribution in [0.3, 0.4) is 0 Å². The molecule has 1 aliphatic rings. The van der Waals surface area contributed by atoms with Crippen molar-refractivity contribution < 1.29 is 14.6 Å². The van der Waals surface area contributed by atoms with Crippen LogP contribution >= 0.6 is 0 Å². The number of β-amino-alcohol motifs (C(OH)–C–C–N with tert-alkyl or cyclic N) is 1. The molecule has 5 heteroatoms. The lowest BCUT2D eigenvalue weighted by Crippen LogP contribution is -2.51. The summed E-state index contributed by atoms with van der Waals surface area (Å²) < 4.78 is 5.25. The monoisotopic (exact) mass is 258 g/mol. The Morgan fingerprint density at radius 2 is 2.11 bits per heavy atom. The number of aliphatic hydroxyl groups is 1. The van der Waals surface area contributed by atoms with Gasteiger partial charge in [-0.1, -0.05) is 6.92 Å². The van der Waals surface area contributed by atoms with E-state index in [1.807, 2.05) is 20.8 Å². The summed E-state index contributed by atoms with van der Waals surface area (Å²) in [5, 5.41) is 11.9. The quantitative estimate of drug-likeness (QED) is 0.799. The van der Waals surface area contributed by atoms with Crippen molar-refractivity contribution in [2.45, 2.75) is 45.8 Å². The smallest absolute Gasteiger partial charge is 0.407 e. The second-order valence-electron chi connectivity index (χ2n) is 6.17. The predicted octanol–water partition coefficient (Wildman–Crippen LogP) is 1.21. The highest BCUT2D eigenvalue weighted by Gasteiger charge is 2.27. The molecule has 5 nitrogen and oxygen atoms in total. The molecule has 1 heterocycles. The van der Waals surface area contributed by atoms with Gasteiger partial charge in [0.05, 0.1) is 6.61 Å². The normalized spacial score (nSPS) is 25.8. The van der Waals surface area contributed by atoms with Crippen molar-refractivity contribution in [3.63, 3.8) is 0 Å². The van der Waals surface area contributed by atoms with Gasteiger partial charge in [-0.2, -0.15) is 0 Å². The first kappa shape index (κ1) is 15.2. The van der Waals surface area contributed by atoms with Crippen LogP contribution in [0.1, 0.15) is 34.1 Å². The Bertz CT molecular complexity index is 276. The first-order valence-corrected chi connectivity index (χ1v) is 6.63. The van der Waals surface area contributed by atoms with Gasteiger partial charge in [0.15, 0.2) is 0 Å². The average Bonchev–Trinajstić information content (AvgIpc) is 2.12.